The number of anilines is 2. The lowest BCUT2D eigenvalue weighted by Gasteiger charge is -2.37. The molecule has 10 nitrogen and oxygen atoms in total. The summed E-state index contributed by atoms with van der Waals surface area (Å²) < 4.78 is 47.9. The van der Waals surface area contributed by atoms with Crippen LogP contribution in [0.3, 0.4) is 0 Å². The maximum absolute atomic E-state index is 13.8. The van der Waals surface area contributed by atoms with E-state index in [4.69, 9.17) is 14.7 Å². The maximum Gasteiger partial charge on any atom is 0.406 e. The first kappa shape index (κ1) is 22.7. The van der Waals surface area contributed by atoms with Crippen LogP contribution >= 0.6 is 0 Å². The molecule has 0 amide bonds. The predicted octanol–water partition coefficient (Wildman–Crippen LogP) is 1.87. The highest BCUT2D eigenvalue weighted by molar-refractivity contribution is 5.88. The number of piperazine rings is 1. The molecule has 0 saturated carbocycles. The zero-order chi connectivity index (χ0) is 23.9. The zero-order valence-corrected chi connectivity index (χ0v) is 19.0. The largest absolute Gasteiger partial charge is 0.406 e. The number of alkyl halides is 3. The quantitative estimate of drug-likeness (QED) is 0.604. The number of nitrogens with zero attached hydrogens (tertiary/aromatic N) is 8. The Bertz CT molecular complexity index is 1140. The smallest absolute Gasteiger partial charge is 0.378 e. The number of ether oxygens (including phenoxy) is 1. The lowest BCUT2D eigenvalue weighted by molar-refractivity contribution is -0.139. The van der Waals surface area contributed by atoms with Crippen molar-refractivity contribution in [2.45, 2.75) is 38.7 Å². The van der Waals surface area contributed by atoms with Gasteiger partial charge in [0.2, 0.25) is 5.95 Å². The first-order valence-corrected chi connectivity index (χ1v) is 11.2. The van der Waals surface area contributed by atoms with E-state index in [9.17, 15) is 13.2 Å². The predicted molar refractivity (Wildman–Crippen MR) is 120 cm³/mol. The van der Waals surface area contributed by atoms with Crippen LogP contribution < -0.4 is 15.1 Å². The topological polar surface area (TPSA) is 97.1 Å². The third kappa shape index (κ3) is 4.62. The molecular formula is C21H26F3N9O. The summed E-state index contributed by atoms with van der Waals surface area (Å²) in [5.74, 6) is 0.995. The Hall–Kier alpha value is -3.06. The Labute approximate surface area is 194 Å². The fourth-order valence-electron chi connectivity index (χ4n) is 4.57. The number of nitrogens with one attached hydrogen (secondary N) is 1. The van der Waals surface area contributed by atoms with Gasteiger partial charge < -0.3 is 19.9 Å². The van der Waals surface area contributed by atoms with Crippen molar-refractivity contribution in [2.75, 3.05) is 49.2 Å². The molecule has 2 aliphatic heterocycles. The molecule has 182 valence electrons. The minimum atomic E-state index is -4.45. The summed E-state index contributed by atoms with van der Waals surface area (Å²) in [6.45, 7) is 5.99. The second-order valence-electron chi connectivity index (χ2n) is 8.76. The normalized spacial score (nSPS) is 21.9. The number of imidazole rings is 1. The Morgan fingerprint density at radius 2 is 1.68 bits per heavy atom. The molecule has 5 heterocycles. The molecule has 0 aromatic carbocycles. The van der Waals surface area contributed by atoms with Crippen molar-refractivity contribution in [1.82, 2.24) is 34.8 Å². The van der Waals surface area contributed by atoms with Crippen LogP contribution in [0.25, 0.3) is 22.6 Å². The molecule has 0 unspecified atom stereocenters. The summed E-state index contributed by atoms with van der Waals surface area (Å²) in [6.07, 6.45) is 0.0159. The van der Waals surface area contributed by atoms with Gasteiger partial charge in [-0.3, -0.25) is 4.57 Å². The van der Waals surface area contributed by atoms with Crippen LogP contribution in [0.2, 0.25) is 0 Å². The van der Waals surface area contributed by atoms with Gasteiger partial charge in [-0.15, -0.1) is 0 Å². The Morgan fingerprint density at radius 3 is 2.32 bits per heavy atom. The van der Waals surface area contributed by atoms with Crippen molar-refractivity contribution in [2.24, 2.45) is 0 Å². The van der Waals surface area contributed by atoms with Crippen molar-refractivity contribution in [1.29, 1.82) is 0 Å². The maximum atomic E-state index is 13.8. The van der Waals surface area contributed by atoms with Crippen molar-refractivity contribution in [3.05, 3.63) is 18.7 Å². The molecule has 2 atom stereocenters. The summed E-state index contributed by atoms with van der Waals surface area (Å²) >= 11 is 0. The van der Waals surface area contributed by atoms with Crippen molar-refractivity contribution in [3.8, 4) is 11.4 Å². The fraction of sp³-hybridized carbons (Fsp3) is 0.571. The Balaban J connectivity index is 1.72. The van der Waals surface area contributed by atoms with Gasteiger partial charge in [0.05, 0.1) is 18.8 Å². The summed E-state index contributed by atoms with van der Waals surface area (Å²) in [5.41, 5.74) is 1.01. The number of morpholine rings is 1. The molecule has 2 fully saturated rings. The Kier molecular flexibility index (Phi) is 5.98. The van der Waals surface area contributed by atoms with E-state index in [-0.39, 0.29) is 29.5 Å². The lowest BCUT2D eigenvalue weighted by Crippen LogP contribution is -2.55. The third-order valence-electron chi connectivity index (χ3n) is 5.86. The van der Waals surface area contributed by atoms with Gasteiger partial charge in [-0.2, -0.15) is 13.2 Å². The highest BCUT2D eigenvalue weighted by Crippen LogP contribution is 2.33. The zero-order valence-electron chi connectivity index (χ0n) is 19.0. The molecule has 3 aromatic heterocycles. The summed E-state index contributed by atoms with van der Waals surface area (Å²) in [5, 5.41) is 3.41. The van der Waals surface area contributed by atoms with Gasteiger partial charge >= 0.3 is 6.18 Å². The van der Waals surface area contributed by atoms with Gasteiger partial charge in [0.15, 0.2) is 22.8 Å². The van der Waals surface area contributed by atoms with Gasteiger partial charge in [-0.1, -0.05) is 0 Å². The molecule has 0 bridgehead atoms. The van der Waals surface area contributed by atoms with Crippen LogP contribution in [-0.4, -0.2) is 87.1 Å². The van der Waals surface area contributed by atoms with Crippen LogP contribution in [0, 0.1) is 0 Å². The van der Waals surface area contributed by atoms with E-state index >= 15 is 0 Å². The van der Waals surface area contributed by atoms with E-state index in [1.165, 1.54) is 10.9 Å². The Morgan fingerprint density at radius 1 is 1.00 bits per heavy atom. The fourth-order valence-corrected chi connectivity index (χ4v) is 4.57. The number of fused-ring (bicyclic) bond motifs is 1. The lowest BCUT2D eigenvalue weighted by atomic mass is 10.1. The molecule has 0 spiro atoms. The highest BCUT2D eigenvalue weighted by atomic mass is 19.4. The number of rotatable bonds is 4. The summed E-state index contributed by atoms with van der Waals surface area (Å²) in [7, 11) is 0. The summed E-state index contributed by atoms with van der Waals surface area (Å²) in [4.78, 5) is 25.9. The van der Waals surface area contributed by atoms with Crippen LogP contribution in [0.4, 0.5) is 24.9 Å². The number of halogens is 3. The SMILES string of the molecule is C[C@@H]1CN(c2nc3c(N4CCOCC4)nc(-c4cncnc4)nc3n2CC(F)(F)F)C[C@H](C)N1. The monoisotopic (exact) mass is 477 g/mol. The standard InChI is InChI=1S/C21H26F3N9O/c1-13-9-32(10-14(2)27-13)20-28-16-18(31-3-5-34-6-4-31)29-17(15-7-25-12-26-8-15)30-19(16)33(20)11-21(22,23)24/h7-8,12-14,27H,3-6,9-11H2,1-2H3/t13-,14+. The molecule has 34 heavy (non-hydrogen) atoms. The number of hydrogen-bond acceptors (Lipinski definition) is 9. The van der Waals surface area contributed by atoms with Crippen LogP contribution in [0.5, 0.6) is 0 Å². The molecule has 0 radical (unpaired) electrons. The average molecular weight is 477 g/mol. The molecule has 2 aliphatic rings. The minimum Gasteiger partial charge on any atom is -0.378 e. The number of aromatic nitrogens is 6. The van der Waals surface area contributed by atoms with E-state index in [0.29, 0.717) is 56.3 Å². The van der Waals surface area contributed by atoms with Gasteiger partial charge in [-0.05, 0) is 13.8 Å². The van der Waals surface area contributed by atoms with E-state index in [0.717, 1.165) is 0 Å². The molecule has 5 rings (SSSR count). The van der Waals surface area contributed by atoms with E-state index in [1.807, 2.05) is 23.6 Å². The van der Waals surface area contributed by atoms with E-state index < -0.39 is 12.7 Å². The second-order valence-corrected chi connectivity index (χ2v) is 8.76. The molecular weight excluding hydrogens is 451 g/mol. The van der Waals surface area contributed by atoms with Gasteiger partial charge in [0.25, 0.3) is 0 Å². The van der Waals surface area contributed by atoms with Crippen molar-refractivity contribution >= 4 is 22.9 Å². The first-order valence-electron chi connectivity index (χ1n) is 11.2. The molecule has 0 aliphatic carbocycles. The van der Waals surface area contributed by atoms with Crippen LogP contribution in [0.15, 0.2) is 18.7 Å². The molecule has 2 saturated heterocycles. The minimum absolute atomic E-state index is 0.102. The van der Waals surface area contributed by atoms with Crippen molar-refractivity contribution < 1.29 is 17.9 Å². The number of hydrogen-bond donors (Lipinski definition) is 1. The van der Waals surface area contributed by atoms with Crippen LogP contribution in [-0.2, 0) is 11.3 Å². The molecule has 3 aromatic rings. The molecule has 13 heteroatoms. The summed E-state index contributed by atoms with van der Waals surface area (Å²) in [6, 6.07) is 0.203. The highest BCUT2D eigenvalue weighted by Gasteiger charge is 2.35. The second kappa shape index (κ2) is 8.95. The van der Waals surface area contributed by atoms with Crippen LogP contribution in [0.1, 0.15) is 13.8 Å². The van der Waals surface area contributed by atoms with Gasteiger partial charge in [0.1, 0.15) is 12.9 Å². The van der Waals surface area contributed by atoms with Gasteiger partial charge in [-0.25, -0.2) is 24.9 Å². The first-order chi connectivity index (χ1) is 16.3. The average Bonchev–Trinajstić information content (AvgIpc) is 3.16. The van der Waals surface area contributed by atoms with E-state index in [2.05, 4.69) is 20.3 Å². The van der Waals surface area contributed by atoms with Crippen molar-refractivity contribution in [3.63, 3.8) is 0 Å². The third-order valence-corrected chi connectivity index (χ3v) is 5.86. The van der Waals surface area contributed by atoms with E-state index in [1.54, 1.807) is 12.4 Å². The molecule has 1 N–H and O–H groups in total. The van der Waals surface area contributed by atoms with Gasteiger partial charge in [0, 0.05) is 50.7 Å².